The highest BCUT2D eigenvalue weighted by molar-refractivity contribution is 7.92. The van der Waals surface area contributed by atoms with Gasteiger partial charge in [0, 0.05) is 17.6 Å². The molecule has 0 aliphatic heterocycles. The lowest BCUT2D eigenvalue weighted by molar-refractivity contribution is -0.139. The van der Waals surface area contributed by atoms with E-state index in [1.165, 1.54) is 17.0 Å². The third kappa shape index (κ3) is 6.94. The number of nitrogens with one attached hydrogen (secondary N) is 1. The third-order valence-corrected chi connectivity index (χ3v) is 8.37. The molecule has 0 aromatic heterocycles. The molecule has 38 heavy (non-hydrogen) atoms. The smallest absolute Gasteiger partial charge is 0.264 e. The van der Waals surface area contributed by atoms with Gasteiger partial charge in [0.05, 0.1) is 10.6 Å². The van der Waals surface area contributed by atoms with E-state index < -0.39 is 28.5 Å². The van der Waals surface area contributed by atoms with Crippen molar-refractivity contribution in [1.82, 2.24) is 10.2 Å². The summed E-state index contributed by atoms with van der Waals surface area (Å²) >= 11 is 6.34. The summed E-state index contributed by atoms with van der Waals surface area (Å²) in [5.74, 6) is -0.840. The Morgan fingerprint density at radius 3 is 2.13 bits per heavy atom. The van der Waals surface area contributed by atoms with E-state index in [0.717, 1.165) is 15.4 Å². The first kappa shape index (κ1) is 29.2. The number of halogens is 1. The molecule has 0 bridgehead atoms. The number of hydrogen-bond donors (Lipinski definition) is 1. The van der Waals surface area contributed by atoms with Crippen LogP contribution in [-0.2, 0) is 26.2 Å². The van der Waals surface area contributed by atoms with Gasteiger partial charge in [-0.15, -0.1) is 0 Å². The molecule has 0 saturated carbocycles. The number of nitrogens with zero attached hydrogens (tertiary/aromatic N) is 2. The van der Waals surface area contributed by atoms with Crippen molar-refractivity contribution in [3.05, 3.63) is 94.5 Å². The second-order valence-corrected chi connectivity index (χ2v) is 11.8. The Kier molecular flexibility index (Phi) is 9.57. The van der Waals surface area contributed by atoms with Crippen molar-refractivity contribution in [3.63, 3.8) is 0 Å². The van der Waals surface area contributed by atoms with Crippen LogP contribution in [0.15, 0.2) is 77.7 Å². The van der Waals surface area contributed by atoms with Crippen molar-refractivity contribution in [2.24, 2.45) is 0 Å². The van der Waals surface area contributed by atoms with Gasteiger partial charge in [-0.3, -0.25) is 13.9 Å². The summed E-state index contributed by atoms with van der Waals surface area (Å²) in [5, 5.41) is 3.23. The van der Waals surface area contributed by atoms with Crippen LogP contribution in [0, 0.1) is 13.8 Å². The number of rotatable bonds is 10. The fourth-order valence-electron chi connectivity index (χ4n) is 3.98. The number of carbonyl (C=O) groups is 2. The van der Waals surface area contributed by atoms with Gasteiger partial charge in [-0.25, -0.2) is 8.42 Å². The molecule has 202 valence electrons. The Morgan fingerprint density at radius 1 is 0.895 bits per heavy atom. The number of hydrogen-bond acceptors (Lipinski definition) is 4. The minimum atomic E-state index is -4.14. The van der Waals surface area contributed by atoms with E-state index in [0.29, 0.717) is 16.3 Å². The molecule has 0 fully saturated rings. The Labute approximate surface area is 230 Å². The topological polar surface area (TPSA) is 86.8 Å². The predicted octanol–water partition coefficient (Wildman–Crippen LogP) is 5.09. The molecule has 0 heterocycles. The van der Waals surface area contributed by atoms with Crippen molar-refractivity contribution < 1.29 is 18.0 Å². The van der Waals surface area contributed by atoms with Crippen LogP contribution in [0.5, 0.6) is 0 Å². The van der Waals surface area contributed by atoms with Gasteiger partial charge in [-0.2, -0.15) is 0 Å². The molecule has 0 radical (unpaired) electrons. The minimum absolute atomic E-state index is 0.0443. The fraction of sp³-hybridized carbons (Fsp3) is 0.310. The molecule has 0 spiro atoms. The summed E-state index contributed by atoms with van der Waals surface area (Å²) in [6, 6.07) is 19.5. The lowest BCUT2D eigenvalue weighted by atomic mass is 10.1. The lowest BCUT2D eigenvalue weighted by Crippen LogP contribution is -2.52. The maximum absolute atomic E-state index is 13.9. The Morgan fingerprint density at radius 2 is 1.53 bits per heavy atom. The van der Waals surface area contributed by atoms with Crippen LogP contribution < -0.4 is 9.62 Å². The predicted molar refractivity (Wildman–Crippen MR) is 152 cm³/mol. The van der Waals surface area contributed by atoms with Crippen LogP contribution in [0.3, 0.4) is 0 Å². The molecule has 3 aromatic carbocycles. The van der Waals surface area contributed by atoms with E-state index >= 15 is 0 Å². The molecule has 1 N–H and O–H groups in total. The molecular weight excluding hydrogens is 522 g/mol. The van der Waals surface area contributed by atoms with Gasteiger partial charge in [-0.1, -0.05) is 65.7 Å². The number of carbonyl (C=O) groups excluding carboxylic acids is 2. The van der Waals surface area contributed by atoms with Crippen LogP contribution in [0.4, 0.5) is 5.69 Å². The first-order valence-corrected chi connectivity index (χ1v) is 14.2. The number of aryl methyl sites for hydroxylation is 1. The second kappa shape index (κ2) is 12.5. The second-order valence-electron chi connectivity index (χ2n) is 9.56. The van der Waals surface area contributed by atoms with E-state index in [1.807, 2.05) is 45.0 Å². The molecular formula is C29H34ClN3O4S. The van der Waals surface area contributed by atoms with Crippen LogP contribution in [0.1, 0.15) is 37.5 Å². The highest BCUT2D eigenvalue weighted by Gasteiger charge is 2.33. The maximum Gasteiger partial charge on any atom is 0.264 e. The summed E-state index contributed by atoms with van der Waals surface area (Å²) in [6.07, 6.45) is 0. The summed E-state index contributed by atoms with van der Waals surface area (Å²) < 4.78 is 28.7. The van der Waals surface area contributed by atoms with E-state index in [4.69, 9.17) is 11.6 Å². The minimum Gasteiger partial charge on any atom is -0.352 e. The highest BCUT2D eigenvalue weighted by Crippen LogP contribution is 2.31. The van der Waals surface area contributed by atoms with Crippen LogP contribution in [0.2, 0.25) is 5.02 Å². The highest BCUT2D eigenvalue weighted by atomic mass is 35.5. The Balaban J connectivity index is 2.06. The van der Waals surface area contributed by atoms with Crippen molar-refractivity contribution in [2.45, 2.75) is 58.1 Å². The largest absolute Gasteiger partial charge is 0.352 e. The first-order chi connectivity index (χ1) is 17.9. The normalized spacial score (nSPS) is 12.2. The van der Waals surface area contributed by atoms with Crippen LogP contribution in [-0.4, -0.2) is 43.8 Å². The van der Waals surface area contributed by atoms with Gasteiger partial charge in [-0.05, 0) is 70.0 Å². The molecule has 0 aliphatic rings. The van der Waals surface area contributed by atoms with Crippen LogP contribution >= 0.6 is 11.6 Å². The molecule has 3 rings (SSSR count). The van der Waals surface area contributed by atoms with Crippen molar-refractivity contribution in [1.29, 1.82) is 0 Å². The maximum atomic E-state index is 13.9. The van der Waals surface area contributed by atoms with E-state index in [2.05, 4.69) is 5.32 Å². The van der Waals surface area contributed by atoms with Gasteiger partial charge in [0.1, 0.15) is 12.6 Å². The zero-order chi connectivity index (χ0) is 28.0. The molecule has 3 aromatic rings. The number of benzene rings is 3. The van der Waals surface area contributed by atoms with E-state index in [1.54, 1.807) is 50.2 Å². The molecule has 7 nitrogen and oxygen atoms in total. The molecule has 2 amide bonds. The SMILES string of the molecule is Cc1ccc(CN(C(=O)CN(c2cccc(Cl)c2C)S(=O)(=O)c2ccccc2)C(C)C(=O)NC(C)C)cc1. The number of sulfonamides is 1. The molecule has 0 saturated heterocycles. The van der Waals surface area contributed by atoms with Gasteiger partial charge < -0.3 is 10.2 Å². The number of amides is 2. The molecule has 1 atom stereocenters. The zero-order valence-electron chi connectivity index (χ0n) is 22.3. The fourth-order valence-corrected chi connectivity index (χ4v) is 5.64. The Bertz CT molecular complexity index is 1380. The van der Waals surface area contributed by atoms with Crippen molar-refractivity contribution in [3.8, 4) is 0 Å². The molecule has 9 heteroatoms. The van der Waals surface area contributed by atoms with E-state index in [-0.39, 0.29) is 23.4 Å². The molecule has 0 aliphatic carbocycles. The summed E-state index contributed by atoms with van der Waals surface area (Å²) in [4.78, 5) is 28.3. The monoisotopic (exact) mass is 555 g/mol. The lowest BCUT2D eigenvalue weighted by Gasteiger charge is -2.32. The summed E-state index contributed by atoms with van der Waals surface area (Å²) in [7, 11) is -4.14. The van der Waals surface area contributed by atoms with Gasteiger partial charge in [0.2, 0.25) is 11.8 Å². The van der Waals surface area contributed by atoms with Gasteiger partial charge >= 0.3 is 0 Å². The standard InChI is InChI=1S/C29H34ClN3O4S/c1-20(2)31-29(35)23(5)32(18-24-16-14-21(3)15-17-24)28(34)19-33(27-13-9-12-26(30)22(27)4)38(36,37)25-10-7-6-8-11-25/h6-17,20,23H,18-19H2,1-5H3,(H,31,35). The summed E-state index contributed by atoms with van der Waals surface area (Å²) in [6.45, 7) is 8.62. The van der Waals surface area contributed by atoms with Crippen molar-refractivity contribution >= 4 is 39.1 Å². The molecule has 1 unspecified atom stereocenters. The average molecular weight is 556 g/mol. The summed E-state index contributed by atoms with van der Waals surface area (Å²) in [5.41, 5.74) is 2.71. The van der Waals surface area contributed by atoms with E-state index in [9.17, 15) is 18.0 Å². The Hall–Kier alpha value is -3.36. The van der Waals surface area contributed by atoms with Crippen molar-refractivity contribution in [2.75, 3.05) is 10.8 Å². The number of anilines is 1. The zero-order valence-corrected chi connectivity index (χ0v) is 23.9. The first-order valence-electron chi connectivity index (χ1n) is 12.4. The van der Waals surface area contributed by atoms with Crippen LogP contribution in [0.25, 0.3) is 0 Å². The van der Waals surface area contributed by atoms with Gasteiger partial charge in [0.15, 0.2) is 0 Å². The quantitative estimate of drug-likeness (QED) is 0.377. The third-order valence-electron chi connectivity index (χ3n) is 6.19. The average Bonchev–Trinajstić information content (AvgIpc) is 2.88. The van der Waals surface area contributed by atoms with Gasteiger partial charge in [0.25, 0.3) is 10.0 Å².